The highest BCUT2D eigenvalue weighted by Crippen LogP contribution is 2.32. The van der Waals surface area contributed by atoms with E-state index in [2.05, 4.69) is 27.5 Å². The van der Waals surface area contributed by atoms with Crippen molar-refractivity contribution in [3.63, 3.8) is 0 Å². The van der Waals surface area contributed by atoms with Crippen LogP contribution < -0.4 is 15.4 Å². The van der Waals surface area contributed by atoms with E-state index in [-0.39, 0.29) is 5.91 Å². The molecule has 1 heterocycles. The molecule has 2 N–H and O–H groups in total. The van der Waals surface area contributed by atoms with Gasteiger partial charge in [-0.2, -0.15) is 0 Å². The lowest BCUT2D eigenvalue weighted by molar-refractivity contribution is 0.0948. The molecular formula is C19H25ClN4O2. The molecule has 140 valence electrons. The topological polar surface area (TPSA) is 76.1 Å². The number of ether oxygens (including phenoxy) is 1. The summed E-state index contributed by atoms with van der Waals surface area (Å²) in [6.07, 6.45) is 3.16. The molecule has 0 fully saturated rings. The Hall–Kier alpha value is -2.34. The zero-order valence-electron chi connectivity index (χ0n) is 15.6. The summed E-state index contributed by atoms with van der Waals surface area (Å²) in [6.45, 7) is 6.49. The first-order valence-corrected chi connectivity index (χ1v) is 9.07. The van der Waals surface area contributed by atoms with Gasteiger partial charge in [-0.25, -0.2) is 9.97 Å². The Balaban J connectivity index is 2.19. The van der Waals surface area contributed by atoms with Crippen molar-refractivity contribution in [2.24, 2.45) is 0 Å². The van der Waals surface area contributed by atoms with Gasteiger partial charge in [0.15, 0.2) is 0 Å². The van der Waals surface area contributed by atoms with Gasteiger partial charge in [-0.1, -0.05) is 31.4 Å². The lowest BCUT2D eigenvalue weighted by Gasteiger charge is -2.13. The summed E-state index contributed by atoms with van der Waals surface area (Å²) in [5, 5.41) is 6.63. The molecule has 0 aliphatic heterocycles. The lowest BCUT2D eigenvalue weighted by atomic mass is 10.2. The van der Waals surface area contributed by atoms with Crippen molar-refractivity contribution in [1.82, 2.24) is 15.3 Å². The normalized spacial score (nSPS) is 10.5. The quantitative estimate of drug-likeness (QED) is 0.667. The standard InChI is InChI=1S/C19H25ClN4O2/c1-5-6-7-8-21-18(25)16-10-13(3)22-19(24-16)23-15-9-12(2)14(20)11-17(15)26-4/h9-11H,5-8H2,1-4H3,(H,21,25)(H,22,23,24). The number of amides is 1. The molecule has 0 saturated heterocycles. The van der Waals surface area contributed by atoms with Crippen molar-refractivity contribution in [1.29, 1.82) is 0 Å². The number of rotatable bonds is 8. The number of nitrogens with one attached hydrogen (secondary N) is 2. The van der Waals surface area contributed by atoms with E-state index in [1.165, 1.54) is 0 Å². The highest BCUT2D eigenvalue weighted by atomic mass is 35.5. The molecule has 2 aromatic rings. The maximum atomic E-state index is 12.3. The molecule has 1 aromatic heterocycles. The first kappa shape index (κ1) is 20.0. The summed E-state index contributed by atoms with van der Waals surface area (Å²) in [6, 6.07) is 5.26. The van der Waals surface area contributed by atoms with Crippen LogP contribution in [-0.4, -0.2) is 29.5 Å². The number of nitrogens with zero attached hydrogens (tertiary/aromatic N) is 2. The number of unbranched alkanes of at least 4 members (excludes halogenated alkanes) is 2. The van der Waals surface area contributed by atoms with Gasteiger partial charge in [0, 0.05) is 23.3 Å². The van der Waals surface area contributed by atoms with Gasteiger partial charge in [0.05, 0.1) is 12.8 Å². The van der Waals surface area contributed by atoms with Gasteiger partial charge < -0.3 is 15.4 Å². The average molecular weight is 377 g/mol. The number of anilines is 2. The van der Waals surface area contributed by atoms with E-state index in [4.69, 9.17) is 16.3 Å². The number of aryl methyl sites for hydroxylation is 2. The molecule has 1 amide bonds. The van der Waals surface area contributed by atoms with Gasteiger partial charge in [-0.3, -0.25) is 4.79 Å². The SMILES string of the molecule is CCCCCNC(=O)c1cc(C)nc(Nc2cc(C)c(Cl)cc2OC)n1. The summed E-state index contributed by atoms with van der Waals surface area (Å²) in [5.41, 5.74) is 2.62. The molecule has 6 nitrogen and oxygen atoms in total. The van der Waals surface area contributed by atoms with Crippen LogP contribution in [0.25, 0.3) is 0 Å². The number of hydrogen-bond acceptors (Lipinski definition) is 5. The Morgan fingerprint density at radius 1 is 1.19 bits per heavy atom. The number of aromatic nitrogens is 2. The van der Waals surface area contributed by atoms with Gasteiger partial charge in [0.25, 0.3) is 5.91 Å². The smallest absolute Gasteiger partial charge is 0.270 e. The van der Waals surface area contributed by atoms with Crippen LogP contribution in [0.2, 0.25) is 5.02 Å². The molecule has 26 heavy (non-hydrogen) atoms. The molecular weight excluding hydrogens is 352 g/mol. The Morgan fingerprint density at radius 2 is 1.96 bits per heavy atom. The molecule has 0 radical (unpaired) electrons. The second kappa shape index (κ2) is 9.38. The zero-order valence-corrected chi connectivity index (χ0v) is 16.4. The van der Waals surface area contributed by atoms with E-state index in [9.17, 15) is 4.79 Å². The summed E-state index contributed by atoms with van der Waals surface area (Å²) in [5.74, 6) is 0.717. The fourth-order valence-electron chi connectivity index (χ4n) is 2.46. The third-order valence-corrected chi connectivity index (χ3v) is 4.29. The fourth-order valence-corrected chi connectivity index (χ4v) is 2.61. The Bertz CT molecular complexity index is 780. The molecule has 7 heteroatoms. The van der Waals surface area contributed by atoms with E-state index in [0.717, 1.165) is 24.8 Å². The summed E-state index contributed by atoms with van der Waals surface area (Å²) < 4.78 is 5.36. The molecule has 1 aromatic carbocycles. The zero-order chi connectivity index (χ0) is 19.1. The van der Waals surface area contributed by atoms with Crippen LogP contribution in [0.15, 0.2) is 18.2 Å². The maximum absolute atomic E-state index is 12.3. The van der Waals surface area contributed by atoms with Crippen molar-refractivity contribution >= 4 is 29.1 Å². The highest BCUT2D eigenvalue weighted by molar-refractivity contribution is 6.31. The molecule has 0 unspecified atom stereocenters. The Kier molecular flexibility index (Phi) is 7.21. The van der Waals surface area contributed by atoms with Crippen LogP contribution in [-0.2, 0) is 0 Å². The third kappa shape index (κ3) is 5.33. The predicted octanol–water partition coefficient (Wildman–Crippen LogP) is 4.42. The molecule has 0 aliphatic carbocycles. The van der Waals surface area contributed by atoms with Crippen LogP contribution >= 0.6 is 11.6 Å². The Morgan fingerprint density at radius 3 is 2.65 bits per heavy atom. The van der Waals surface area contributed by atoms with Crippen LogP contribution in [0.3, 0.4) is 0 Å². The van der Waals surface area contributed by atoms with E-state index in [1.807, 2.05) is 19.9 Å². The number of hydrogen-bond donors (Lipinski definition) is 2. The largest absolute Gasteiger partial charge is 0.495 e. The first-order valence-electron chi connectivity index (χ1n) is 8.69. The van der Waals surface area contributed by atoms with E-state index in [0.29, 0.717) is 40.3 Å². The van der Waals surface area contributed by atoms with E-state index in [1.54, 1.807) is 19.2 Å². The maximum Gasteiger partial charge on any atom is 0.270 e. The molecule has 0 aliphatic rings. The lowest BCUT2D eigenvalue weighted by Crippen LogP contribution is -2.26. The summed E-state index contributed by atoms with van der Waals surface area (Å²) >= 11 is 6.14. The van der Waals surface area contributed by atoms with Gasteiger partial charge in [-0.05, 0) is 38.0 Å². The van der Waals surface area contributed by atoms with Crippen molar-refractivity contribution in [2.75, 3.05) is 19.0 Å². The minimum Gasteiger partial charge on any atom is -0.495 e. The van der Waals surface area contributed by atoms with Crippen molar-refractivity contribution in [3.8, 4) is 5.75 Å². The van der Waals surface area contributed by atoms with E-state index < -0.39 is 0 Å². The third-order valence-electron chi connectivity index (χ3n) is 3.88. The molecule has 0 atom stereocenters. The highest BCUT2D eigenvalue weighted by Gasteiger charge is 2.13. The van der Waals surface area contributed by atoms with Crippen LogP contribution in [0.1, 0.15) is 47.9 Å². The van der Waals surface area contributed by atoms with Crippen LogP contribution in [0.5, 0.6) is 5.75 Å². The fraction of sp³-hybridized carbons (Fsp3) is 0.421. The number of methoxy groups -OCH3 is 1. The van der Waals surface area contributed by atoms with Crippen molar-refractivity contribution < 1.29 is 9.53 Å². The number of halogens is 1. The summed E-state index contributed by atoms with van der Waals surface area (Å²) in [7, 11) is 1.57. The average Bonchev–Trinajstić information content (AvgIpc) is 2.61. The minimum atomic E-state index is -0.200. The van der Waals surface area contributed by atoms with Gasteiger partial charge in [-0.15, -0.1) is 0 Å². The predicted molar refractivity (Wildman–Crippen MR) is 105 cm³/mol. The second-order valence-electron chi connectivity index (χ2n) is 6.11. The van der Waals surface area contributed by atoms with Crippen molar-refractivity contribution in [3.05, 3.63) is 40.2 Å². The van der Waals surface area contributed by atoms with Crippen LogP contribution in [0.4, 0.5) is 11.6 Å². The number of carbonyl (C=O) groups excluding carboxylic acids is 1. The van der Waals surface area contributed by atoms with Gasteiger partial charge >= 0.3 is 0 Å². The first-order chi connectivity index (χ1) is 12.4. The molecule has 0 saturated carbocycles. The second-order valence-corrected chi connectivity index (χ2v) is 6.52. The van der Waals surface area contributed by atoms with Crippen LogP contribution in [0, 0.1) is 13.8 Å². The number of carbonyl (C=O) groups is 1. The molecule has 0 bridgehead atoms. The Labute approximate surface area is 159 Å². The monoisotopic (exact) mass is 376 g/mol. The van der Waals surface area contributed by atoms with Crippen molar-refractivity contribution in [2.45, 2.75) is 40.0 Å². The minimum absolute atomic E-state index is 0.200. The van der Waals surface area contributed by atoms with Gasteiger partial charge in [0.1, 0.15) is 11.4 Å². The molecule has 0 spiro atoms. The van der Waals surface area contributed by atoms with E-state index >= 15 is 0 Å². The molecule has 2 rings (SSSR count). The number of benzene rings is 1. The van der Waals surface area contributed by atoms with Gasteiger partial charge in [0.2, 0.25) is 5.95 Å². The summed E-state index contributed by atoms with van der Waals surface area (Å²) in [4.78, 5) is 21.0.